The summed E-state index contributed by atoms with van der Waals surface area (Å²) in [6.07, 6.45) is 2.69. The summed E-state index contributed by atoms with van der Waals surface area (Å²) in [6, 6.07) is 1.51. The number of nitrogens with zero attached hydrogens (tertiary/aromatic N) is 1. The van der Waals surface area contributed by atoms with E-state index < -0.39 is 6.10 Å². The smallest absolute Gasteiger partial charge is 0.255 e. The highest BCUT2D eigenvalue weighted by atomic mass is 35.5. The number of aliphatic hydroxyl groups is 1. The van der Waals surface area contributed by atoms with Crippen molar-refractivity contribution in [2.24, 2.45) is 5.92 Å². The molecule has 0 saturated carbocycles. The number of rotatable bonds is 6. The molecular weight excluding hydrogens is 370 g/mol. The molecule has 2 aliphatic rings. The van der Waals surface area contributed by atoms with E-state index in [0.717, 1.165) is 32.4 Å². The zero-order valence-electron chi connectivity index (χ0n) is 15.7. The summed E-state index contributed by atoms with van der Waals surface area (Å²) < 4.78 is 11.1. The number of hydrogen-bond donors (Lipinski definition) is 3. The van der Waals surface area contributed by atoms with Crippen molar-refractivity contribution in [3.05, 3.63) is 16.7 Å². The molecule has 2 atom stereocenters. The van der Waals surface area contributed by atoms with Crippen LogP contribution >= 0.6 is 11.6 Å². The third kappa shape index (κ3) is 4.59. The second-order valence-corrected chi connectivity index (χ2v) is 7.54. The maximum atomic E-state index is 12.7. The first-order chi connectivity index (χ1) is 13.0. The first-order valence-corrected chi connectivity index (χ1v) is 9.95. The Bertz CT molecular complexity index is 685. The number of halogens is 1. The Morgan fingerprint density at radius 2 is 2.15 bits per heavy atom. The quantitative estimate of drug-likeness (QED) is 0.634. The molecule has 1 aromatic carbocycles. The fourth-order valence-corrected chi connectivity index (χ4v) is 3.75. The number of carbonyl (C=O) groups excluding carboxylic acids is 1. The minimum atomic E-state index is -0.445. The number of amides is 1. The molecule has 0 bridgehead atoms. The number of benzene rings is 1. The maximum Gasteiger partial charge on any atom is 0.255 e. The van der Waals surface area contributed by atoms with Gasteiger partial charge in [0.2, 0.25) is 0 Å². The summed E-state index contributed by atoms with van der Waals surface area (Å²) in [4.78, 5) is 15.0. The lowest BCUT2D eigenvalue weighted by Gasteiger charge is -2.36. The molecule has 1 unspecified atom stereocenters. The summed E-state index contributed by atoms with van der Waals surface area (Å²) >= 11 is 6.16. The van der Waals surface area contributed by atoms with Crippen molar-refractivity contribution in [2.45, 2.75) is 32.3 Å². The van der Waals surface area contributed by atoms with Crippen LogP contribution in [0.5, 0.6) is 11.5 Å². The Hall–Kier alpha value is -1.70. The van der Waals surface area contributed by atoms with Gasteiger partial charge in [0.05, 0.1) is 17.4 Å². The van der Waals surface area contributed by atoms with Gasteiger partial charge in [0.15, 0.2) is 11.5 Å². The average molecular weight is 398 g/mol. The van der Waals surface area contributed by atoms with Crippen LogP contribution in [0, 0.1) is 5.92 Å². The molecule has 7 nitrogen and oxygen atoms in total. The highest BCUT2D eigenvalue weighted by Gasteiger charge is 2.29. The van der Waals surface area contributed by atoms with Crippen LogP contribution in [0.2, 0.25) is 5.02 Å². The molecule has 1 saturated heterocycles. The molecule has 0 spiro atoms. The predicted octanol–water partition coefficient (Wildman–Crippen LogP) is 1.91. The molecule has 0 aromatic heterocycles. The molecule has 1 aromatic rings. The predicted molar refractivity (Wildman–Crippen MR) is 105 cm³/mol. The van der Waals surface area contributed by atoms with Crippen molar-refractivity contribution in [2.75, 3.05) is 45.1 Å². The third-order valence-electron chi connectivity index (χ3n) is 5.18. The van der Waals surface area contributed by atoms with Gasteiger partial charge < -0.3 is 30.5 Å². The van der Waals surface area contributed by atoms with Crippen molar-refractivity contribution in [3.8, 4) is 11.5 Å². The Morgan fingerprint density at radius 3 is 2.85 bits per heavy atom. The third-order valence-corrected chi connectivity index (χ3v) is 5.57. The van der Waals surface area contributed by atoms with E-state index >= 15 is 0 Å². The number of likely N-dealkylation sites (tertiary alicyclic amines) is 1. The number of anilines is 1. The first-order valence-electron chi connectivity index (χ1n) is 9.57. The summed E-state index contributed by atoms with van der Waals surface area (Å²) in [5, 5.41) is 13.6. The van der Waals surface area contributed by atoms with Gasteiger partial charge in [-0.05, 0) is 32.0 Å². The Kier molecular flexibility index (Phi) is 6.68. The van der Waals surface area contributed by atoms with Gasteiger partial charge in [-0.25, -0.2) is 0 Å². The number of unbranched alkanes of at least 4 members (excludes halogenated alkanes) is 1. The van der Waals surface area contributed by atoms with E-state index in [1.807, 2.05) is 0 Å². The summed E-state index contributed by atoms with van der Waals surface area (Å²) in [5.74, 6) is 0.371. The SMILES string of the molecule is CCCCN1CC[C@@H](CNC(=O)c2cc(N)c(Cl)c3c2OCCO3)C(O)C1. The zero-order chi connectivity index (χ0) is 19.4. The van der Waals surface area contributed by atoms with Crippen LogP contribution < -0.4 is 20.5 Å². The number of hydrogen-bond acceptors (Lipinski definition) is 6. The van der Waals surface area contributed by atoms with E-state index in [4.69, 9.17) is 26.8 Å². The van der Waals surface area contributed by atoms with E-state index in [1.165, 1.54) is 6.07 Å². The van der Waals surface area contributed by atoms with E-state index in [-0.39, 0.29) is 22.5 Å². The van der Waals surface area contributed by atoms with Crippen molar-refractivity contribution in [3.63, 3.8) is 0 Å². The van der Waals surface area contributed by atoms with Gasteiger partial charge in [-0.3, -0.25) is 4.79 Å². The van der Waals surface area contributed by atoms with Crippen LogP contribution in [0.1, 0.15) is 36.5 Å². The van der Waals surface area contributed by atoms with Crippen molar-refractivity contribution < 1.29 is 19.4 Å². The number of fused-ring (bicyclic) bond motifs is 1. The van der Waals surface area contributed by atoms with Gasteiger partial charge in [-0.2, -0.15) is 0 Å². The minimum absolute atomic E-state index is 0.0319. The number of aliphatic hydroxyl groups excluding tert-OH is 1. The van der Waals surface area contributed by atoms with E-state index in [9.17, 15) is 9.90 Å². The second-order valence-electron chi connectivity index (χ2n) is 7.16. The molecule has 4 N–H and O–H groups in total. The minimum Gasteiger partial charge on any atom is -0.485 e. The van der Waals surface area contributed by atoms with Gasteiger partial charge in [0.1, 0.15) is 18.2 Å². The summed E-state index contributed by atoms with van der Waals surface area (Å²) in [6.45, 7) is 5.89. The van der Waals surface area contributed by atoms with Crippen LogP contribution in [0.3, 0.4) is 0 Å². The molecule has 27 heavy (non-hydrogen) atoms. The molecule has 0 radical (unpaired) electrons. The van der Waals surface area contributed by atoms with Crippen LogP contribution in [0.25, 0.3) is 0 Å². The summed E-state index contributed by atoms with van der Waals surface area (Å²) in [7, 11) is 0. The van der Waals surface area contributed by atoms with E-state index in [2.05, 4.69) is 17.1 Å². The van der Waals surface area contributed by atoms with Gasteiger partial charge in [0, 0.05) is 19.0 Å². The lowest BCUT2D eigenvalue weighted by atomic mass is 9.93. The maximum absolute atomic E-state index is 12.7. The highest BCUT2D eigenvalue weighted by molar-refractivity contribution is 6.35. The monoisotopic (exact) mass is 397 g/mol. The van der Waals surface area contributed by atoms with Gasteiger partial charge in [0.25, 0.3) is 5.91 Å². The molecule has 2 aliphatic heterocycles. The number of nitrogen functional groups attached to an aromatic ring is 1. The topological polar surface area (TPSA) is 97.1 Å². The van der Waals surface area contributed by atoms with Crippen LogP contribution in [0.4, 0.5) is 5.69 Å². The standard InChI is InChI=1S/C19H28ClN3O4/c1-2-3-5-23-6-4-12(15(24)11-23)10-22-19(25)13-9-14(21)16(20)18-17(13)26-7-8-27-18/h9,12,15,24H,2-8,10-11,21H2,1H3,(H,22,25)/t12-,15?/m0/s1. The number of ether oxygens (including phenoxy) is 2. The van der Waals surface area contributed by atoms with Gasteiger partial charge in [-0.15, -0.1) is 0 Å². The largest absolute Gasteiger partial charge is 0.485 e. The average Bonchev–Trinajstić information content (AvgIpc) is 2.68. The van der Waals surface area contributed by atoms with E-state index in [1.54, 1.807) is 0 Å². The molecule has 8 heteroatoms. The van der Waals surface area contributed by atoms with Gasteiger partial charge in [-0.1, -0.05) is 24.9 Å². The first kappa shape index (κ1) is 20.0. The highest BCUT2D eigenvalue weighted by Crippen LogP contribution is 2.43. The lowest BCUT2D eigenvalue weighted by Crippen LogP contribution is -2.47. The number of nitrogens with two attached hydrogens (primary N) is 1. The molecule has 1 fully saturated rings. The fourth-order valence-electron chi connectivity index (χ4n) is 3.55. The Balaban J connectivity index is 1.61. The van der Waals surface area contributed by atoms with Crippen LogP contribution in [-0.2, 0) is 0 Å². The molecule has 3 rings (SSSR count). The van der Waals surface area contributed by atoms with Crippen LogP contribution in [-0.4, -0.2) is 61.4 Å². The Morgan fingerprint density at radius 1 is 1.41 bits per heavy atom. The normalized spacial score (nSPS) is 22.5. The van der Waals surface area contributed by atoms with Crippen LogP contribution in [0.15, 0.2) is 6.07 Å². The zero-order valence-corrected chi connectivity index (χ0v) is 16.4. The summed E-state index contributed by atoms with van der Waals surface area (Å²) in [5.41, 5.74) is 6.49. The van der Waals surface area contributed by atoms with Gasteiger partial charge >= 0.3 is 0 Å². The number of nitrogens with one attached hydrogen (secondary N) is 1. The number of carbonyl (C=O) groups is 1. The molecule has 0 aliphatic carbocycles. The fraction of sp³-hybridized carbons (Fsp3) is 0.632. The van der Waals surface area contributed by atoms with Crippen molar-refractivity contribution in [1.82, 2.24) is 10.2 Å². The molecule has 2 heterocycles. The number of piperidine rings is 1. The number of β-amino-alcohol motifs (C(OH)–C–C–N with tert-alkyl or cyclic N) is 1. The molecule has 150 valence electrons. The van der Waals surface area contributed by atoms with Crippen molar-refractivity contribution >= 4 is 23.2 Å². The molecule has 1 amide bonds. The van der Waals surface area contributed by atoms with Crippen molar-refractivity contribution in [1.29, 1.82) is 0 Å². The lowest BCUT2D eigenvalue weighted by molar-refractivity contribution is 0.0217. The molecular formula is C19H28ClN3O4. The van der Waals surface area contributed by atoms with E-state index in [0.29, 0.717) is 43.4 Å². The Labute approximate surface area is 164 Å². The second kappa shape index (κ2) is 8.99.